The predicted octanol–water partition coefficient (Wildman–Crippen LogP) is 2.43. The molecule has 2 unspecified atom stereocenters. The van der Waals surface area contributed by atoms with Gasteiger partial charge in [-0.3, -0.25) is 4.79 Å². The van der Waals surface area contributed by atoms with Gasteiger partial charge in [0.2, 0.25) is 0 Å². The van der Waals surface area contributed by atoms with Gasteiger partial charge in [0.25, 0.3) is 0 Å². The number of hydrogen-bond acceptors (Lipinski definition) is 2. The summed E-state index contributed by atoms with van der Waals surface area (Å²) in [5, 5.41) is 9.87. The predicted molar refractivity (Wildman–Crippen MR) is 63.8 cm³/mol. The molecule has 0 amide bonds. The number of carbonyl (C=O) groups excluding carboxylic acids is 1. The maximum Gasteiger partial charge on any atom is 0.138 e. The number of ketones is 1. The number of aliphatic hydroxyl groups excluding tert-OH is 1. The van der Waals surface area contributed by atoms with Crippen molar-refractivity contribution in [2.24, 2.45) is 5.92 Å². The average Bonchev–Trinajstić information content (AvgIpc) is 2.74. The van der Waals surface area contributed by atoms with Gasteiger partial charge >= 0.3 is 0 Å². The first kappa shape index (κ1) is 11.1. The Kier molecular flexibility index (Phi) is 3.52. The van der Waals surface area contributed by atoms with E-state index in [4.69, 9.17) is 0 Å². The van der Waals surface area contributed by atoms with Crippen LogP contribution in [-0.4, -0.2) is 17.0 Å². The van der Waals surface area contributed by atoms with E-state index in [1.165, 1.54) is 0 Å². The SMILES string of the molecule is O=C1CCCC1C(O)C=Cc1ccccc1. The molecule has 0 aromatic heterocycles. The standard InChI is InChI=1S/C14H16O2/c15-13-8-4-7-12(13)14(16)10-9-11-5-2-1-3-6-11/h1-3,5-6,9-10,12,14,16H,4,7-8H2. The van der Waals surface area contributed by atoms with E-state index in [-0.39, 0.29) is 11.7 Å². The molecule has 2 nitrogen and oxygen atoms in total. The zero-order valence-electron chi connectivity index (χ0n) is 9.17. The van der Waals surface area contributed by atoms with Crippen molar-refractivity contribution in [3.63, 3.8) is 0 Å². The summed E-state index contributed by atoms with van der Waals surface area (Å²) < 4.78 is 0. The second-order valence-corrected chi connectivity index (χ2v) is 4.23. The van der Waals surface area contributed by atoms with Crippen molar-refractivity contribution in [1.82, 2.24) is 0 Å². The van der Waals surface area contributed by atoms with Gasteiger partial charge < -0.3 is 5.11 Å². The van der Waals surface area contributed by atoms with E-state index in [0.29, 0.717) is 6.42 Å². The van der Waals surface area contributed by atoms with Gasteiger partial charge in [-0.15, -0.1) is 0 Å². The summed E-state index contributed by atoms with van der Waals surface area (Å²) in [4.78, 5) is 11.4. The Bertz CT molecular complexity index is 381. The molecular weight excluding hydrogens is 200 g/mol. The quantitative estimate of drug-likeness (QED) is 0.842. The minimum Gasteiger partial charge on any atom is -0.388 e. The summed E-state index contributed by atoms with van der Waals surface area (Å²) in [5.74, 6) is 0.0187. The monoisotopic (exact) mass is 216 g/mol. The van der Waals surface area contributed by atoms with Gasteiger partial charge in [-0.1, -0.05) is 42.5 Å². The summed E-state index contributed by atoms with van der Waals surface area (Å²) in [6.45, 7) is 0. The van der Waals surface area contributed by atoms with Gasteiger partial charge in [-0.25, -0.2) is 0 Å². The Hall–Kier alpha value is -1.41. The molecule has 2 atom stereocenters. The third kappa shape index (κ3) is 2.58. The van der Waals surface area contributed by atoms with Crippen LogP contribution < -0.4 is 0 Å². The van der Waals surface area contributed by atoms with Crippen LogP contribution in [0.2, 0.25) is 0 Å². The molecule has 1 fully saturated rings. The van der Waals surface area contributed by atoms with E-state index >= 15 is 0 Å². The van der Waals surface area contributed by atoms with Gasteiger partial charge in [0.1, 0.15) is 5.78 Å². The van der Waals surface area contributed by atoms with E-state index in [0.717, 1.165) is 18.4 Å². The van der Waals surface area contributed by atoms with Crippen LogP contribution in [-0.2, 0) is 4.79 Å². The van der Waals surface area contributed by atoms with Crippen LogP contribution in [0.1, 0.15) is 24.8 Å². The Morgan fingerprint density at radius 2 is 2.06 bits per heavy atom. The molecule has 0 radical (unpaired) electrons. The molecule has 0 aliphatic heterocycles. The molecule has 0 saturated heterocycles. The van der Waals surface area contributed by atoms with Gasteiger partial charge in [0.05, 0.1) is 6.10 Å². The van der Waals surface area contributed by atoms with Crippen LogP contribution in [0.15, 0.2) is 36.4 Å². The molecule has 1 aliphatic carbocycles. The minimum atomic E-state index is -0.629. The first-order valence-corrected chi connectivity index (χ1v) is 5.71. The lowest BCUT2D eigenvalue weighted by Crippen LogP contribution is -2.21. The van der Waals surface area contributed by atoms with Gasteiger partial charge in [0, 0.05) is 12.3 Å². The Morgan fingerprint density at radius 1 is 1.31 bits per heavy atom. The Balaban J connectivity index is 1.99. The average molecular weight is 216 g/mol. The summed E-state index contributed by atoms with van der Waals surface area (Å²) >= 11 is 0. The van der Waals surface area contributed by atoms with Crippen LogP contribution >= 0.6 is 0 Å². The van der Waals surface area contributed by atoms with Crippen LogP contribution in [0.25, 0.3) is 6.08 Å². The molecule has 1 aromatic rings. The smallest absolute Gasteiger partial charge is 0.138 e. The Labute approximate surface area is 95.6 Å². The molecule has 16 heavy (non-hydrogen) atoms. The maximum absolute atomic E-state index is 11.4. The van der Waals surface area contributed by atoms with Crippen molar-refractivity contribution in [3.05, 3.63) is 42.0 Å². The van der Waals surface area contributed by atoms with Gasteiger partial charge in [-0.2, -0.15) is 0 Å². The third-order valence-electron chi connectivity index (χ3n) is 3.05. The zero-order valence-corrected chi connectivity index (χ0v) is 9.17. The summed E-state index contributed by atoms with van der Waals surface area (Å²) in [5.41, 5.74) is 1.05. The van der Waals surface area contributed by atoms with Crippen molar-refractivity contribution in [2.45, 2.75) is 25.4 Å². The lowest BCUT2D eigenvalue weighted by atomic mass is 9.99. The molecule has 2 rings (SSSR count). The van der Waals surface area contributed by atoms with E-state index < -0.39 is 6.10 Å². The summed E-state index contributed by atoms with van der Waals surface area (Å²) in [6.07, 6.45) is 5.33. The van der Waals surface area contributed by atoms with E-state index in [2.05, 4.69) is 0 Å². The van der Waals surface area contributed by atoms with Gasteiger partial charge in [0.15, 0.2) is 0 Å². The number of carbonyl (C=O) groups is 1. The zero-order chi connectivity index (χ0) is 11.4. The molecule has 0 bridgehead atoms. The topological polar surface area (TPSA) is 37.3 Å². The molecule has 0 spiro atoms. The third-order valence-corrected chi connectivity index (χ3v) is 3.05. The lowest BCUT2D eigenvalue weighted by Gasteiger charge is -2.11. The largest absolute Gasteiger partial charge is 0.388 e. The van der Waals surface area contributed by atoms with Crippen LogP contribution in [0.4, 0.5) is 0 Å². The Morgan fingerprint density at radius 3 is 2.69 bits per heavy atom. The highest BCUT2D eigenvalue weighted by molar-refractivity contribution is 5.83. The van der Waals surface area contributed by atoms with Crippen LogP contribution in [0.5, 0.6) is 0 Å². The lowest BCUT2D eigenvalue weighted by molar-refractivity contribution is -0.122. The molecule has 2 heteroatoms. The van der Waals surface area contributed by atoms with Gasteiger partial charge in [-0.05, 0) is 18.4 Å². The maximum atomic E-state index is 11.4. The molecule has 84 valence electrons. The van der Waals surface area contributed by atoms with Crippen molar-refractivity contribution < 1.29 is 9.90 Å². The fourth-order valence-electron chi connectivity index (χ4n) is 2.11. The molecule has 1 aliphatic rings. The van der Waals surface area contributed by atoms with Crippen molar-refractivity contribution in [2.75, 3.05) is 0 Å². The van der Waals surface area contributed by atoms with Crippen LogP contribution in [0, 0.1) is 5.92 Å². The van der Waals surface area contributed by atoms with Crippen LogP contribution in [0.3, 0.4) is 0 Å². The molecular formula is C14H16O2. The number of rotatable bonds is 3. The normalized spacial score (nSPS) is 22.8. The number of hydrogen-bond donors (Lipinski definition) is 1. The summed E-state index contributed by atoms with van der Waals surface area (Å²) in [6, 6.07) is 9.80. The molecule has 1 aromatic carbocycles. The first-order chi connectivity index (χ1) is 7.77. The number of Topliss-reactive ketones (excluding diaryl/α,β-unsaturated/α-hetero) is 1. The highest BCUT2D eigenvalue weighted by Gasteiger charge is 2.29. The first-order valence-electron chi connectivity index (χ1n) is 5.71. The molecule has 1 N–H and O–H groups in total. The summed E-state index contributed by atoms with van der Waals surface area (Å²) in [7, 11) is 0. The second-order valence-electron chi connectivity index (χ2n) is 4.23. The number of aliphatic hydroxyl groups is 1. The second kappa shape index (κ2) is 5.08. The highest BCUT2D eigenvalue weighted by Crippen LogP contribution is 2.25. The highest BCUT2D eigenvalue weighted by atomic mass is 16.3. The molecule has 1 saturated carbocycles. The minimum absolute atomic E-state index is 0.181. The van der Waals surface area contributed by atoms with Crippen molar-refractivity contribution in [3.8, 4) is 0 Å². The fraction of sp³-hybridized carbons (Fsp3) is 0.357. The number of benzene rings is 1. The molecule has 0 heterocycles. The van der Waals surface area contributed by atoms with Crippen molar-refractivity contribution >= 4 is 11.9 Å². The van der Waals surface area contributed by atoms with E-state index in [1.54, 1.807) is 6.08 Å². The fourth-order valence-corrected chi connectivity index (χ4v) is 2.11. The van der Waals surface area contributed by atoms with Crippen molar-refractivity contribution in [1.29, 1.82) is 0 Å². The van der Waals surface area contributed by atoms with E-state index in [9.17, 15) is 9.90 Å². The van der Waals surface area contributed by atoms with E-state index in [1.807, 2.05) is 36.4 Å².